The predicted molar refractivity (Wildman–Crippen MR) is 221 cm³/mol. The van der Waals surface area contributed by atoms with Crippen LogP contribution < -0.4 is 4.74 Å². The van der Waals surface area contributed by atoms with E-state index in [2.05, 4.69) is 25.9 Å². The lowest BCUT2D eigenvalue weighted by molar-refractivity contribution is -0.143. The highest BCUT2D eigenvalue weighted by atomic mass is 16.7. The van der Waals surface area contributed by atoms with Crippen LogP contribution in [0.5, 0.6) is 5.75 Å². The number of oxime groups is 1. The summed E-state index contributed by atoms with van der Waals surface area (Å²) in [5, 5.41) is 4.32. The van der Waals surface area contributed by atoms with Crippen LogP contribution in [0, 0.1) is 5.92 Å². The Morgan fingerprint density at radius 3 is 1.35 bits per heavy atom. The highest BCUT2D eigenvalue weighted by Gasteiger charge is 2.23. The number of carbonyl (C=O) groups excluding carboxylic acids is 2. The third-order valence-electron chi connectivity index (χ3n) is 11.0. The number of ether oxygens (including phenoxy) is 1. The summed E-state index contributed by atoms with van der Waals surface area (Å²) in [5.41, 5.74) is 2.92. The summed E-state index contributed by atoms with van der Waals surface area (Å²) in [5.74, 6) is 0.585. The standard InChI is InChI=1S/C47H81NO4/c1-4-6-8-10-12-14-16-18-20-22-24-26-28-30-32-34-46(49)51-43-36-37-44-42(40-43)38-41(3)39-45(44)48-52-47(50)35-33-31-29-27-25-23-21-19-17-15-13-11-9-7-5-2/h36-37,40-41H,4-35,38-39H2,1-3H3/b48-45-/t41-/m1/s1. The Balaban J connectivity index is 1.52. The molecule has 2 rings (SSSR count). The van der Waals surface area contributed by atoms with Crippen molar-refractivity contribution in [2.45, 2.75) is 239 Å². The van der Waals surface area contributed by atoms with Gasteiger partial charge in [-0.15, -0.1) is 0 Å². The van der Waals surface area contributed by atoms with Crippen molar-refractivity contribution in [1.29, 1.82) is 0 Å². The van der Waals surface area contributed by atoms with Gasteiger partial charge in [0.25, 0.3) is 0 Å². The van der Waals surface area contributed by atoms with E-state index >= 15 is 0 Å². The fraction of sp³-hybridized carbons (Fsp3) is 0.809. The zero-order chi connectivity index (χ0) is 37.3. The van der Waals surface area contributed by atoms with Crippen molar-refractivity contribution in [2.24, 2.45) is 11.1 Å². The Kier molecular flexibility index (Phi) is 28.5. The molecule has 0 bridgehead atoms. The van der Waals surface area contributed by atoms with Crippen LogP contribution in [0.25, 0.3) is 0 Å². The number of rotatable bonds is 34. The summed E-state index contributed by atoms with van der Waals surface area (Å²) in [6.45, 7) is 6.74. The first kappa shape index (κ1) is 46.0. The summed E-state index contributed by atoms with van der Waals surface area (Å²) >= 11 is 0. The van der Waals surface area contributed by atoms with E-state index in [1.165, 1.54) is 167 Å². The van der Waals surface area contributed by atoms with E-state index in [0.29, 0.717) is 24.5 Å². The highest BCUT2D eigenvalue weighted by Crippen LogP contribution is 2.30. The van der Waals surface area contributed by atoms with E-state index < -0.39 is 0 Å². The van der Waals surface area contributed by atoms with E-state index in [9.17, 15) is 9.59 Å². The number of hydrogen-bond donors (Lipinski definition) is 0. The Labute approximate surface area is 321 Å². The normalized spacial score (nSPS) is 14.8. The molecule has 5 heteroatoms. The lowest BCUT2D eigenvalue weighted by atomic mass is 9.83. The summed E-state index contributed by atoms with van der Waals surface area (Å²) in [4.78, 5) is 30.4. The van der Waals surface area contributed by atoms with Crippen LogP contribution in [0.1, 0.15) is 244 Å². The maximum Gasteiger partial charge on any atom is 0.335 e. The summed E-state index contributed by atoms with van der Waals surface area (Å²) in [6, 6.07) is 5.80. The zero-order valence-corrected chi connectivity index (χ0v) is 34.4. The molecule has 0 aromatic heterocycles. The SMILES string of the molecule is CCCCCCCCCCCCCCCCCC(=O)O/N=C1/C[C@H](C)Cc2cc(OC(=O)CCCCCCCCCCCCCCCCC)ccc21. The van der Waals surface area contributed by atoms with Gasteiger partial charge in [-0.05, 0) is 55.4 Å². The molecule has 0 saturated carbocycles. The Bertz CT molecular complexity index is 1070. The van der Waals surface area contributed by atoms with E-state index in [-0.39, 0.29) is 11.9 Å². The highest BCUT2D eigenvalue weighted by molar-refractivity contribution is 6.03. The number of benzene rings is 1. The maximum absolute atomic E-state index is 12.6. The maximum atomic E-state index is 12.6. The van der Waals surface area contributed by atoms with Gasteiger partial charge in [0.05, 0.1) is 5.71 Å². The Morgan fingerprint density at radius 2 is 0.923 bits per heavy atom. The molecule has 0 spiro atoms. The molecule has 1 aromatic carbocycles. The average Bonchev–Trinajstić information content (AvgIpc) is 3.13. The summed E-state index contributed by atoms with van der Waals surface area (Å²) in [6.07, 6.45) is 41.8. The van der Waals surface area contributed by atoms with E-state index in [1.807, 2.05) is 18.2 Å². The van der Waals surface area contributed by atoms with E-state index in [1.54, 1.807) is 0 Å². The first-order valence-corrected chi connectivity index (χ1v) is 22.6. The molecule has 0 N–H and O–H groups in total. The van der Waals surface area contributed by atoms with Crippen LogP contribution >= 0.6 is 0 Å². The summed E-state index contributed by atoms with van der Waals surface area (Å²) in [7, 11) is 0. The molecule has 5 nitrogen and oxygen atoms in total. The van der Waals surface area contributed by atoms with Gasteiger partial charge in [-0.25, -0.2) is 4.79 Å². The third-order valence-corrected chi connectivity index (χ3v) is 11.0. The fourth-order valence-corrected chi connectivity index (χ4v) is 7.67. The zero-order valence-electron chi connectivity index (χ0n) is 34.4. The minimum atomic E-state index is -0.244. The molecular formula is C47H81NO4. The number of esters is 1. The average molecular weight is 724 g/mol. The molecule has 0 saturated heterocycles. The van der Waals surface area contributed by atoms with Gasteiger partial charge in [-0.2, -0.15) is 0 Å². The first-order chi connectivity index (χ1) is 25.5. The van der Waals surface area contributed by atoms with Gasteiger partial charge in [0.1, 0.15) is 5.75 Å². The van der Waals surface area contributed by atoms with Gasteiger partial charge >= 0.3 is 11.9 Å². The molecule has 52 heavy (non-hydrogen) atoms. The number of unbranched alkanes of at least 4 members (excludes halogenated alkanes) is 28. The molecule has 1 aliphatic rings. The number of carbonyl (C=O) groups is 2. The van der Waals surface area contributed by atoms with Gasteiger partial charge < -0.3 is 9.57 Å². The van der Waals surface area contributed by atoms with Gasteiger partial charge in [-0.3, -0.25) is 4.79 Å². The molecule has 0 heterocycles. The largest absolute Gasteiger partial charge is 0.427 e. The topological polar surface area (TPSA) is 65.0 Å². The van der Waals surface area contributed by atoms with Crippen molar-refractivity contribution in [3.05, 3.63) is 29.3 Å². The molecular weight excluding hydrogens is 643 g/mol. The molecule has 0 aliphatic heterocycles. The molecule has 298 valence electrons. The van der Waals surface area contributed by atoms with Gasteiger partial charge in [0.2, 0.25) is 0 Å². The molecule has 1 aliphatic carbocycles. The van der Waals surface area contributed by atoms with Gasteiger partial charge in [0.15, 0.2) is 0 Å². The number of fused-ring (bicyclic) bond motifs is 1. The van der Waals surface area contributed by atoms with E-state index in [0.717, 1.165) is 55.4 Å². The Morgan fingerprint density at radius 1 is 0.538 bits per heavy atom. The Hall–Kier alpha value is -2.17. The fourth-order valence-electron chi connectivity index (χ4n) is 7.67. The third kappa shape index (κ3) is 24.2. The minimum absolute atomic E-state index is 0.153. The molecule has 0 radical (unpaired) electrons. The van der Waals surface area contributed by atoms with Crippen molar-refractivity contribution in [2.75, 3.05) is 0 Å². The van der Waals surface area contributed by atoms with Crippen molar-refractivity contribution in [3.63, 3.8) is 0 Å². The second kappa shape index (κ2) is 32.3. The first-order valence-electron chi connectivity index (χ1n) is 22.6. The van der Waals surface area contributed by atoms with Crippen LogP contribution in [-0.4, -0.2) is 17.7 Å². The second-order valence-corrected chi connectivity index (χ2v) is 16.2. The van der Waals surface area contributed by atoms with Crippen molar-refractivity contribution in [1.82, 2.24) is 0 Å². The molecule has 0 fully saturated rings. The minimum Gasteiger partial charge on any atom is -0.427 e. The van der Waals surface area contributed by atoms with Crippen molar-refractivity contribution >= 4 is 17.7 Å². The molecule has 1 atom stereocenters. The van der Waals surface area contributed by atoms with Crippen LogP contribution in [0.4, 0.5) is 0 Å². The quantitative estimate of drug-likeness (QED) is 0.0233. The lowest BCUT2D eigenvalue weighted by Gasteiger charge is -2.23. The summed E-state index contributed by atoms with van der Waals surface area (Å²) < 4.78 is 5.72. The molecule has 1 aromatic rings. The van der Waals surface area contributed by atoms with Crippen molar-refractivity contribution < 1.29 is 19.2 Å². The van der Waals surface area contributed by atoms with E-state index in [4.69, 9.17) is 9.57 Å². The predicted octanol–water partition coefficient (Wildman–Crippen LogP) is 14.9. The monoisotopic (exact) mass is 724 g/mol. The number of hydrogen-bond acceptors (Lipinski definition) is 5. The van der Waals surface area contributed by atoms with Crippen LogP contribution in [0.2, 0.25) is 0 Å². The van der Waals surface area contributed by atoms with Crippen LogP contribution in [-0.2, 0) is 20.8 Å². The smallest absolute Gasteiger partial charge is 0.335 e. The number of nitrogens with zero attached hydrogens (tertiary/aromatic N) is 1. The lowest BCUT2D eigenvalue weighted by Crippen LogP contribution is -2.20. The molecule has 0 unspecified atom stereocenters. The van der Waals surface area contributed by atoms with Gasteiger partial charge in [0, 0.05) is 18.4 Å². The molecule has 0 amide bonds. The second-order valence-electron chi connectivity index (χ2n) is 16.2. The van der Waals surface area contributed by atoms with Crippen LogP contribution in [0.15, 0.2) is 23.4 Å². The van der Waals surface area contributed by atoms with Gasteiger partial charge in [-0.1, -0.05) is 206 Å². The van der Waals surface area contributed by atoms with Crippen molar-refractivity contribution in [3.8, 4) is 5.75 Å². The van der Waals surface area contributed by atoms with Crippen LogP contribution in [0.3, 0.4) is 0 Å².